The monoisotopic (exact) mass is 201 g/mol. The van der Waals surface area contributed by atoms with Gasteiger partial charge >= 0.3 is 0 Å². The Morgan fingerprint density at radius 1 is 1.60 bits per heavy atom. The molecule has 0 saturated heterocycles. The van der Waals surface area contributed by atoms with Gasteiger partial charge < -0.3 is 10.3 Å². The number of aromatic amines is 1. The van der Waals surface area contributed by atoms with Gasteiger partial charge in [-0.05, 0) is 12.1 Å². The Kier molecular flexibility index (Phi) is 2.49. The third-order valence-corrected chi connectivity index (χ3v) is 2.11. The van der Waals surface area contributed by atoms with Crippen molar-refractivity contribution in [2.24, 2.45) is 0 Å². The molecule has 2 N–H and O–H groups in total. The summed E-state index contributed by atoms with van der Waals surface area (Å²) in [6.45, 7) is 4.01. The van der Waals surface area contributed by atoms with Crippen molar-refractivity contribution in [3.05, 3.63) is 42.7 Å². The van der Waals surface area contributed by atoms with E-state index in [2.05, 4.69) is 21.9 Å². The molecule has 0 fully saturated rings. The van der Waals surface area contributed by atoms with Gasteiger partial charge in [-0.2, -0.15) is 0 Å². The predicted octanol–water partition coefficient (Wildman–Crippen LogP) is 1.48. The molecule has 4 heteroatoms. The van der Waals surface area contributed by atoms with Gasteiger partial charge in [-0.15, -0.1) is 6.58 Å². The number of carbonyl (C=O) groups excluding carboxylic acids is 1. The molecule has 4 nitrogen and oxygen atoms in total. The molecule has 0 aliphatic carbocycles. The fraction of sp³-hybridized carbons (Fsp3) is 0.0909. The second kappa shape index (κ2) is 3.96. The van der Waals surface area contributed by atoms with Crippen LogP contribution >= 0.6 is 0 Å². The minimum absolute atomic E-state index is 0.109. The molecule has 2 heterocycles. The molecule has 2 rings (SSSR count). The van der Waals surface area contributed by atoms with Crippen molar-refractivity contribution >= 4 is 16.9 Å². The molecule has 0 radical (unpaired) electrons. The van der Waals surface area contributed by atoms with Crippen LogP contribution in [0.5, 0.6) is 0 Å². The molecule has 15 heavy (non-hydrogen) atoms. The minimum atomic E-state index is -0.109. The molecule has 76 valence electrons. The number of carbonyl (C=O) groups is 1. The average molecular weight is 201 g/mol. The second-order valence-corrected chi connectivity index (χ2v) is 3.10. The summed E-state index contributed by atoms with van der Waals surface area (Å²) in [6.07, 6.45) is 5.02. The van der Waals surface area contributed by atoms with E-state index in [9.17, 15) is 4.79 Å². The Labute approximate surface area is 87.0 Å². The molecule has 1 amide bonds. The number of pyridine rings is 1. The van der Waals surface area contributed by atoms with Gasteiger partial charge in [0, 0.05) is 24.3 Å². The Morgan fingerprint density at radius 3 is 3.27 bits per heavy atom. The van der Waals surface area contributed by atoms with Crippen LogP contribution in [-0.2, 0) is 0 Å². The summed E-state index contributed by atoms with van der Waals surface area (Å²) in [6, 6.07) is 3.54. The molecule has 0 aliphatic heterocycles. The van der Waals surface area contributed by atoms with Crippen LogP contribution in [-0.4, -0.2) is 22.4 Å². The highest BCUT2D eigenvalue weighted by Crippen LogP contribution is 2.14. The maximum atomic E-state index is 11.7. The van der Waals surface area contributed by atoms with Crippen LogP contribution in [0.2, 0.25) is 0 Å². The first-order chi connectivity index (χ1) is 7.33. The van der Waals surface area contributed by atoms with E-state index in [1.54, 1.807) is 24.5 Å². The molecule has 0 aliphatic rings. The highest BCUT2D eigenvalue weighted by atomic mass is 16.1. The summed E-state index contributed by atoms with van der Waals surface area (Å²) in [7, 11) is 0. The topological polar surface area (TPSA) is 57.8 Å². The van der Waals surface area contributed by atoms with Crippen molar-refractivity contribution in [1.29, 1.82) is 0 Å². The third kappa shape index (κ3) is 1.74. The number of nitrogens with zero attached hydrogens (tertiary/aromatic N) is 1. The smallest absolute Gasteiger partial charge is 0.252 e. The molecule has 0 atom stereocenters. The Bertz CT molecular complexity index is 501. The van der Waals surface area contributed by atoms with Crippen molar-refractivity contribution < 1.29 is 4.79 Å². The molecule has 0 saturated carbocycles. The van der Waals surface area contributed by atoms with E-state index in [-0.39, 0.29) is 5.91 Å². The number of aromatic nitrogens is 2. The van der Waals surface area contributed by atoms with Crippen molar-refractivity contribution in [2.75, 3.05) is 6.54 Å². The van der Waals surface area contributed by atoms with E-state index in [0.29, 0.717) is 12.1 Å². The van der Waals surface area contributed by atoms with E-state index >= 15 is 0 Å². The molecule has 0 aromatic carbocycles. The van der Waals surface area contributed by atoms with Crippen LogP contribution < -0.4 is 5.32 Å². The van der Waals surface area contributed by atoms with Crippen molar-refractivity contribution in [3.8, 4) is 0 Å². The summed E-state index contributed by atoms with van der Waals surface area (Å²) in [4.78, 5) is 18.8. The summed E-state index contributed by atoms with van der Waals surface area (Å²) < 4.78 is 0. The first-order valence-corrected chi connectivity index (χ1v) is 4.64. The molecule has 0 bridgehead atoms. The van der Waals surface area contributed by atoms with Crippen LogP contribution in [0.15, 0.2) is 37.2 Å². The fourth-order valence-corrected chi connectivity index (χ4v) is 1.42. The van der Waals surface area contributed by atoms with Gasteiger partial charge in [0.1, 0.15) is 5.65 Å². The van der Waals surface area contributed by atoms with Gasteiger partial charge in [0.15, 0.2) is 0 Å². The SMILES string of the molecule is C=CCNC(=O)c1ccnc2[nH]ccc12. The maximum Gasteiger partial charge on any atom is 0.252 e. The maximum absolute atomic E-state index is 11.7. The number of amides is 1. The Hall–Kier alpha value is -2.10. The zero-order valence-electron chi connectivity index (χ0n) is 8.16. The quantitative estimate of drug-likeness (QED) is 0.739. The van der Waals surface area contributed by atoms with Gasteiger partial charge in [0.25, 0.3) is 5.91 Å². The standard InChI is InChI=1S/C11H11N3O/c1-2-5-14-11(15)9-4-7-13-10-8(9)3-6-12-10/h2-4,6-7H,1,5H2,(H,12,13)(H,14,15). The van der Waals surface area contributed by atoms with Gasteiger partial charge in [0.2, 0.25) is 0 Å². The van der Waals surface area contributed by atoms with E-state index < -0.39 is 0 Å². The molecule has 2 aromatic heterocycles. The van der Waals surface area contributed by atoms with Crippen molar-refractivity contribution in [1.82, 2.24) is 15.3 Å². The highest BCUT2D eigenvalue weighted by molar-refractivity contribution is 6.05. The van der Waals surface area contributed by atoms with E-state index in [0.717, 1.165) is 11.0 Å². The van der Waals surface area contributed by atoms with Crippen LogP contribution in [0.25, 0.3) is 11.0 Å². The molecule has 0 spiro atoms. The zero-order valence-corrected chi connectivity index (χ0v) is 8.16. The van der Waals surface area contributed by atoms with Crippen LogP contribution in [0.3, 0.4) is 0 Å². The lowest BCUT2D eigenvalue weighted by molar-refractivity contribution is 0.0959. The van der Waals surface area contributed by atoms with Crippen molar-refractivity contribution in [2.45, 2.75) is 0 Å². The average Bonchev–Trinajstić information content (AvgIpc) is 2.73. The second-order valence-electron chi connectivity index (χ2n) is 3.10. The van der Waals surface area contributed by atoms with Gasteiger partial charge in [0.05, 0.1) is 5.56 Å². The highest BCUT2D eigenvalue weighted by Gasteiger charge is 2.09. The van der Waals surface area contributed by atoms with Crippen LogP contribution in [0, 0.1) is 0 Å². The Balaban J connectivity index is 2.38. The normalized spacial score (nSPS) is 10.1. The lowest BCUT2D eigenvalue weighted by Crippen LogP contribution is -2.23. The lowest BCUT2D eigenvalue weighted by atomic mass is 10.2. The first kappa shape index (κ1) is 9.45. The van der Waals surface area contributed by atoms with Gasteiger partial charge in [-0.1, -0.05) is 6.08 Å². The molecule has 0 unspecified atom stereocenters. The van der Waals surface area contributed by atoms with E-state index in [1.165, 1.54) is 0 Å². The molecular weight excluding hydrogens is 190 g/mol. The predicted molar refractivity (Wildman–Crippen MR) is 58.6 cm³/mol. The number of H-pyrrole nitrogens is 1. The summed E-state index contributed by atoms with van der Waals surface area (Å²) in [5.74, 6) is -0.109. The number of rotatable bonds is 3. The minimum Gasteiger partial charge on any atom is -0.349 e. The summed E-state index contributed by atoms with van der Waals surface area (Å²) in [5, 5.41) is 3.56. The van der Waals surface area contributed by atoms with E-state index in [1.807, 2.05) is 6.07 Å². The van der Waals surface area contributed by atoms with Crippen molar-refractivity contribution in [3.63, 3.8) is 0 Å². The number of fused-ring (bicyclic) bond motifs is 1. The summed E-state index contributed by atoms with van der Waals surface area (Å²) >= 11 is 0. The lowest BCUT2D eigenvalue weighted by Gasteiger charge is -2.02. The van der Waals surface area contributed by atoms with E-state index in [4.69, 9.17) is 0 Å². The van der Waals surface area contributed by atoms with Crippen LogP contribution in [0.4, 0.5) is 0 Å². The largest absolute Gasteiger partial charge is 0.349 e. The van der Waals surface area contributed by atoms with Gasteiger partial charge in [-0.3, -0.25) is 4.79 Å². The Morgan fingerprint density at radius 2 is 2.47 bits per heavy atom. The summed E-state index contributed by atoms with van der Waals surface area (Å²) in [5.41, 5.74) is 1.35. The number of nitrogens with one attached hydrogen (secondary N) is 2. The number of hydrogen-bond acceptors (Lipinski definition) is 2. The zero-order chi connectivity index (χ0) is 10.7. The first-order valence-electron chi connectivity index (χ1n) is 4.64. The fourth-order valence-electron chi connectivity index (χ4n) is 1.42. The number of hydrogen-bond donors (Lipinski definition) is 2. The van der Waals surface area contributed by atoms with Crippen LogP contribution in [0.1, 0.15) is 10.4 Å². The molecular formula is C11H11N3O. The molecule has 2 aromatic rings. The van der Waals surface area contributed by atoms with Gasteiger partial charge in [-0.25, -0.2) is 4.98 Å². The third-order valence-electron chi connectivity index (χ3n) is 2.11.